The maximum absolute atomic E-state index is 12.3. The standard InChI is InChI=1S/C15H24N4OS/c16-13-12(14(20)17-11-8-9-11)15(21-19-13)18-10-6-4-2-1-3-5-7-10/h10-11,18H,1-9H2,(H2,16,19)(H,17,20). The number of anilines is 2. The number of nitrogens with zero attached hydrogens (tertiary/aromatic N) is 1. The zero-order valence-corrected chi connectivity index (χ0v) is 13.2. The van der Waals surface area contributed by atoms with Crippen molar-refractivity contribution in [3.05, 3.63) is 5.56 Å². The first-order valence-corrected chi connectivity index (χ1v) is 8.84. The van der Waals surface area contributed by atoms with Crippen LogP contribution in [0.25, 0.3) is 0 Å². The molecule has 2 aliphatic carbocycles. The van der Waals surface area contributed by atoms with Gasteiger partial charge in [0, 0.05) is 12.1 Å². The zero-order chi connectivity index (χ0) is 14.7. The third kappa shape index (κ3) is 3.87. The number of hydrogen-bond donors (Lipinski definition) is 3. The van der Waals surface area contributed by atoms with Crippen LogP contribution in [0.4, 0.5) is 10.8 Å². The summed E-state index contributed by atoms with van der Waals surface area (Å²) in [7, 11) is 0. The van der Waals surface area contributed by atoms with Crippen molar-refractivity contribution in [2.24, 2.45) is 0 Å². The van der Waals surface area contributed by atoms with Crippen LogP contribution in [0, 0.1) is 0 Å². The van der Waals surface area contributed by atoms with E-state index in [9.17, 15) is 4.79 Å². The molecule has 0 atom stereocenters. The van der Waals surface area contributed by atoms with Gasteiger partial charge in [-0.1, -0.05) is 32.1 Å². The van der Waals surface area contributed by atoms with Crippen LogP contribution in [0.3, 0.4) is 0 Å². The first kappa shape index (κ1) is 14.6. The lowest BCUT2D eigenvalue weighted by molar-refractivity contribution is 0.0953. The molecule has 0 saturated heterocycles. The lowest BCUT2D eigenvalue weighted by Crippen LogP contribution is -2.28. The molecule has 4 N–H and O–H groups in total. The van der Waals surface area contributed by atoms with Crippen LogP contribution < -0.4 is 16.4 Å². The Morgan fingerprint density at radius 1 is 1.05 bits per heavy atom. The third-order valence-electron chi connectivity index (χ3n) is 4.30. The summed E-state index contributed by atoms with van der Waals surface area (Å²) in [4.78, 5) is 12.3. The SMILES string of the molecule is Nc1nsc(NC2CCCCCCC2)c1C(=O)NC1CC1. The van der Waals surface area contributed by atoms with Crippen molar-refractivity contribution in [3.63, 3.8) is 0 Å². The molecule has 1 aromatic rings. The predicted molar refractivity (Wildman–Crippen MR) is 86.7 cm³/mol. The van der Waals surface area contributed by atoms with Crippen LogP contribution in [0.5, 0.6) is 0 Å². The van der Waals surface area contributed by atoms with Gasteiger partial charge in [0.25, 0.3) is 5.91 Å². The van der Waals surface area contributed by atoms with E-state index in [2.05, 4.69) is 15.0 Å². The van der Waals surface area contributed by atoms with Gasteiger partial charge >= 0.3 is 0 Å². The molecule has 2 fully saturated rings. The third-order valence-corrected chi connectivity index (χ3v) is 5.09. The van der Waals surface area contributed by atoms with Crippen LogP contribution in [-0.2, 0) is 0 Å². The minimum atomic E-state index is -0.0721. The number of nitrogens with two attached hydrogens (primary N) is 1. The molecular weight excluding hydrogens is 284 g/mol. The topological polar surface area (TPSA) is 80.0 Å². The van der Waals surface area contributed by atoms with Crippen LogP contribution in [0.1, 0.15) is 68.1 Å². The second-order valence-corrected chi connectivity index (χ2v) is 6.98. The number of rotatable bonds is 4. The normalized spacial score (nSPS) is 20.6. The van der Waals surface area contributed by atoms with Crippen LogP contribution in [0.15, 0.2) is 0 Å². The van der Waals surface area contributed by atoms with E-state index in [4.69, 9.17) is 5.73 Å². The fourth-order valence-electron chi connectivity index (χ4n) is 2.89. The van der Waals surface area contributed by atoms with Crippen molar-refractivity contribution in [2.45, 2.75) is 69.9 Å². The summed E-state index contributed by atoms with van der Waals surface area (Å²) in [6.07, 6.45) is 11.0. The zero-order valence-electron chi connectivity index (χ0n) is 12.4. The molecule has 5 nitrogen and oxygen atoms in total. The highest BCUT2D eigenvalue weighted by atomic mass is 32.1. The van der Waals surface area contributed by atoms with Crippen molar-refractivity contribution >= 4 is 28.3 Å². The van der Waals surface area contributed by atoms with Gasteiger partial charge in [-0.15, -0.1) is 0 Å². The number of aromatic nitrogens is 1. The maximum Gasteiger partial charge on any atom is 0.258 e. The molecule has 116 valence electrons. The van der Waals surface area contributed by atoms with Gasteiger partial charge in [-0.2, -0.15) is 4.37 Å². The molecule has 0 bridgehead atoms. The molecule has 2 saturated carbocycles. The summed E-state index contributed by atoms with van der Waals surface area (Å²) in [5.74, 6) is 0.281. The lowest BCUT2D eigenvalue weighted by Gasteiger charge is -2.21. The highest BCUT2D eigenvalue weighted by Gasteiger charge is 2.28. The summed E-state index contributed by atoms with van der Waals surface area (Å²) in [5, 5.41) is 7.38. The Kier molecular flexibility index (Phi) is 4.63. The Morgan fingerprint density at radius 2 is 1.71 bits per heavy atom. The Hall–Kier alpha value is -1.30. The number of nitrogens with one attached hydrogen (secondary N) is 2. The molecule has 21 heavy (non-hydrogen) atoms. The van der Waals surface area contributed by atoms with E-state index in [1.54, 1.807) is 0 Å². The minimum absolute atomic E-state index is 0.0721. The van der Waals surface area contributed by atoms with Crippen LogP contribution in [0.2, 0.25) is 0 Å². The summed E-state index contributed by atoms with van der Waals surface area (Å²) < 4.78 is 4.17. The van der Waals surface area contributed by atoms with Crippen molar-refractivity contribution in [1.29, 1.82) is 0 Å². The summed E-state index contributed by atoms with van der Waals surface area (Å²) in [6, 6.07) is 0.781. The predicted octanol–water partition coefficient (Wildman–Crippen LogP) is 3.14. The van der Waals surface area contributed by atoms with E-state index < -0.39 is 0 Å². The van der Waals surface area contributed by atoms with Crippen molar-refractivity contribution < 1.29 is 4.79 Å². The molecule has 0 spiro atoms. The molecular formula is C15H24N4OS. The first-order chi connectivity index (χ1) is 10.2. The Balaban J connectivity index is 1.67. The molecule has 0 unspecified atom stereocenters. The average Bonchev–Trinajstić information content (AvgIpc) is 3.15. The largest absolute Gasteiger partial charge is 0.382 e. The van der Waals surface area contributed by atoms with Crippen molar-refractivity contribution in [2.75, 3.05) is 11.1 Å². The van der Waals surface area contributed by atoms with Gasteiger partial charge in [-0.25, -0.2) is 0 Å². The fraction of sp³-hybridized carbons (Fsp3) is 0.733. The molecule has 0 aliphatic heterocycles. The molecule has 6 heteroatoms. The number of nitrogen functional groups attached to an aromatic ring is 1. The average molecular weight is 308 g/mol. The summed E-state index contributed by atoms with van der Waals surface area (Å²) >= 11 is 1.31. The van der Waals surface area contributed by atoms with E-state index in [-0.39, 0.29) is 5.91 Å². The van der Waals surface area contributed by atoms with E-state index >= 15 is 0 Å². The van der Waals surface area contributed by atoms with Gasteiger partial charge in [-0.3, -0.25) is 4.79 Å². The highest BCUT2D eigenvalue weighted by Crippen LogP contribution is 2.31. The van der Waals surface area contributed by atoms with Gasteiger partial charge in [0.2, 0.25) is 0 Å². The fourth-order valence-corrected chi connectivity index (χ4v) is 3.68. The van der Waals surface area contributed by atoms with Crippen molar-refractivity contribution in [3.8, 4) is 0 Å². The van der Waals surface area contributed by atoms with Gasteiger partial charge in [0.15, 0.2) is 5.82 Å². The number of amides is 1. The summed E-state index contributed by atoms with van der Waals surface area (Å²) in [5.41, 5.74) is 6.45. The minimum Gasteiger partial charge on any atom is -0.382 e. The first-order valence-electron chi connectivity index (χ1n) is 8.06. The Morgan fingerprint density at radius 3 is 2.38 bits per heavy atom. The monoisotopic (exact) mass is 308 g/mol. The molecule has 1 heterocycles. The van der Waals surface area contributed by atoms with E-state index in [0.717, 1.165) is 17.8 Å². The molecule has 0 aromatic carbocycles. The number of carbonyl (C=O) groups excluding carboxylic acids is 1. The Bertz CT molecular complexity index is 490. The molecule has 1 aromatic heterocycles. The van der Waals surface area contributed by atoms with Gasteiger partial charge in [0.05, 0.1) is 0 Å². The van der Waals surface area contributed by atoms with Crippen LogP contribution in [-0.4, -0.2) is 22.4 Å². The Labute approximate surface area is 129 Å². The molecule has 2 aliphatic rings. The number of hydrogen-bond acceptors (Lipinski definition) is 5. The van der Waals surface area contributed by atoms with E-state index in [1.165, 1.54) is 56.5 Å². The molecule has 0 radical (unpaired) electrons. The van der Waals surface area contributed by atoms with Gasteiger partial charge in [-0.05, 0) is 37.2 Å². The van der Waals surface area contributed by atoms with Crippen LogP contribution >= 0.6 is 11.5 Å². The lowest BCUT2D eigenvalue weighted by atomic mass is 9.97. The smallest absolute Gasteiger partial charge is 0.258 e. The number of carbonyl (C=O) groups is 1. The second-order valence-electron chi connectivity index (χ2n) is 6.21. The van der Waals surface area contributed by atoms with E-state index in [1.807, 2.05) is 0 Å². The summed E-state index contributed by atoms with van der Waals surface area (Å²) in [6.45, 7) is 0. The maximum atomic E-state index is 12.3. The van der Waals surface area contributed by atoms with Gasteiger partial charge < -0.3 is 16.4 Å². The quantitative estimate of drug-likeness (QED) is 0.798. The molecule has 1 amide bonds. The van der Waals surface area contributed by atoms with Crippen molar-refractivity contribution in [1.82, 2.24) is 9.69 Å². The second kappa shape index (κ2) is 6.64. The van der Waals surface area contributed by atoms with E-state index in [0.29, 0.717) is 23.5 Å². The highest BCUT2D eigenvalue weighted by molar-refractivity contribution is 7.11. The molecule has 3 rings (SSSR count). The van der Waals surface area contributed by atoms with Gasteiger partial charge in [0.1, 0.15) is 10.6 Å².